The van der Waals surface area contributed by atoms with Crippen LogP contribution in [0.3, 0.4) is 0 Å². The third-order valence-corrected chi connectivity index (χ3v) is 4.40. The molecule has 1 aliphatic heterocycles. The third-order valence-electron chi connectivity index (χ3n) is 3.51. The predicted octanol–water partition coefficient (Wildman–Crippen LogP) is 3.74. The minimum atomic E-state index is -5.03. The Balaban J connectivity index is 2.04. The van der Waals surface area contributed by atoms with E-state index in [4.69, 9.17) is 0 Å². The number of thioether (sulfide) groups is 1. The Morgan fingerprint density at radius 1 is 1.15 bits per heavy atom. The Bertz CT molecular complexity index is 902. The van der Waals surface area contributed by atoms with E-state index >= 15 is 0 Å². The summed E-state index contributed by atoms with van der Waals surface area (Å²) in [5.41, 5.74) is -3.88. The van der Waals surface area contributed by atoms with Crippen LogP contribution in [0.2, 0.25) is 0 Å². The molecule has 1 N–H and O–H groups in total. The molecule has 0 spiro atoms. The van der Waals surface area contributed by atoms with E-state index in [0.717, 1.165) is 18.2 Å². The van der Waals surface area contributed by atoms with Gasteiger partial charge in [0.2, 0.25) is 0 Å². The van der Waals surface area contributed by atoms with Crippen LogP contribution in [-0.2, 0) is 12.4 Å². The van der Waals surface area contributed by atoms with E-state index in [9.17, 15) is 31.1 Å². The SMILES string of the molecule is O=C(NC1=NCCS1)c1cnn(-c2cccc(C(F)(F)F)c2)c1C(F)(F)F. The first-order chi connectivity index (χ1) is 12.6. The number of amidine groups is 1. The first kappa shape index (κ1) is 19.3. The average molecular weight is 408 g/mol. The molecule has 3 rings (SSSR count). The van der Waals surface area contributed by atoms with Crippen molar-refractivity contribution >= 4 is 22.8 Å². The number of carbonyl (C=O) groups excluding carboxylic acids is 1. The number of benzene rings is 1. The molecule has 0 radical (unpaired) electrons. The maximum atomic E-state index is 13.5. The van der Waals surface area contributed by atoms with Gasteiger partial charge in [0.05, 0.1) is 29.6 Å². The van der Waals surface area contributed by atoms with Crippen LogP contribution in [0.1, 0.15) is 21.6 Å². The fourth-order valence-corrected chi connectivity index (χ4v) is 3.10. The van der Waals surface area contributed by atoms with Gasteiger partial charge in [0.25, 0.3) is 5.91 Å². The van der Waals surface area contributed by atoms with Gasteiger partial charge in [-0.05, 0) is 18.2 Å². The van der Waals surface area contributed by atoms with Gasteiger partial charge >= 0.3 is 12.4 Å². The first-order valence-corrected chi connectivity index (χ1v) is 8.37. The molecule has 1 amide bonds. The molecule has 0 fully saturated rings. The standard InChI is InChI=1S/C15H10F6N4OS/c16-14(17,18)8-2-1-3-9(6-8)25-11(15(19,20)21)10(7-23-25)12(26)24-13-22-4-5-27-13/h1-3,6-7H,4-5H2,(H,22,24,26). The summed E-state index contributed by atoms with van der Waals surface area (Å²) >= 11 is 1.17. The van der Waals surface area contributed by atoms with E-state index in [0.29, 0.717) is 24.6 Å². The summed E-state index contributed by atoms with van der Waals surface area (Å²) in [6.07, 6.45) is -9.10. The highest BCUT2D eigenvalue weighted by atomic mass is 32.2. The number of carbonyl (C=O) groups is 1. The minimum absolute atomic E-state index is 0.181. The smallest absolute Gasteiger partial charge is 0.301 e. The Morgan fingerprint density at radius 3 is 2.48 bits per heavy atom. The second kappa shape index (κ2) is 6.91. The summed E-state index contributed by atoms with van der Waals surface area (Å²) in [7, 11) is 0. The highest BCUT2D eigenvalue weighted by Crippen LogP contribution is 2.35. The van der Waals surface area contributed by atoms with Crippen LogP contribution in [0, 0.1) is 0 Å². The summed E-state index contributed by atoms with van der Waals surface area (Å²) in [5.74, 6) is -0.501. The minimum Gasteiger partial charge on any atom is -0.301 e. The third kappa shape index (κ3) is 4.10. The van der Waals surface area contributed by atoms with Gasteiger partial charge in [-0.1, -0.05) is 17.8 Å². The molecule has 5 nitrogen and oxygen atoms in total. The van der Waals surface area contributed by atoms with E-state index in [1.54, 1.807) is 0 Å². The molecule has 0 unspecified atom stereocenters. The summed E-state index contributed by atoms with van der Waals surface area (Å²) in [4.78, 5) is 16.1. The lowest BCUT2D eigenvalue weighted by atomic mass is 10.1. The lowest BCUT2D eigenvalue weighted by Gasteiger charge is -2.14. The summed E-state index contributed by atoms with van der Waals surface area (Å²) in [6, 6.07) is 3.25. The molecule has 1 aromatic carbocycles. The molecule has 0 atom stereocenters. The van der Waals surface area contributed by atoms with Gasteiger partial charge in [0.1, 0.15) is 0 Å². The molecule has 0 bridgehead atoms. The van der Waals surface area contributed by atoms with Crippen molar-refractivity contribution in [2.45, 2.75) is 12.4 Å². The number of nitrogens with one attached hydrogen (secondary N) is 1. The summed E-state index contributed by atoms with van der Waals surface area (Å²) in [5, 5.41) is 5.92. The number of nitrogens with zero attached hydrogens (tertiary/aromatic N) is 3. The van der Waals surface area contributed by atoms with Crippen LogP contribution >= 0.6 is 11.8 Å². The van der Waals surface area contributed by atoms with Crippen molar-refractivity contribution in [2.75, 3.05) is 12.3 Å². The number of aliphatic imine (C=N–C) groups is 1. The van der Waals surface area contributed by atoms with E-state index in [-0.39, 0.29) is 9.85 Å². The molecule has 2 aromatic rings. The Kier molecular flexibility index (Phi) is 4.93. The van der Waals surface area contributed by atoms with Crippen LogP contribution < -0.4 is 5.32 Å². The van der Waals surface area contributed by atoms with Crippen molar-refractivity contribution in [3.63, 3.8) is 0 Å². The molecule has 144 valence electrons. The van der Waals surface area contributed by atoms with Crippen molar-refractivity contribution in [1.29, 1.82) is 0 Å². The largest absolute Gasteiger partial charge is 0.434 e. The fourth-order valence-electron chi connectivity index (χ4n) is 2.37. The van der Waals surface area contributed by atoms with Crippen LogP contribution in [0.5, 0.6) is 0 Å². The molecular formula is C15H10F6N4OS. The van der Waals surface area contributed by atoms with Crippen LogP contribution in [0.15, 0.2) is 35.5 Å². The maximum Gasteiger partial charge on any atom is 0.434 e. The molecule has 12 heteroatoms. The topological polar surface area (TPSA) is 59.3 Å². The van der Waals surface area contributed by atoms with Crippen LogP contribution in [0.25, 0.3) is 5.69 Å². The first-order valence-electron chi connectivity index (χ1n) is 7.39. The van der Waals surface area contributed by atoms with Crippen LogP contribution in [0.4, 0.5) is 26.3 Å². The Labute approximate surface area is 152 Å². The number of hydrogen-bond acceptors (Lipinski definition) is 4. The van der Waals surface area contributed by atoms with E-state index in [1.165, 1.54) is 11.8 Å². The molecule has 0 aliphatic carbocycles. The number of halogens is 6. The number of amides is 1. The summed E-state index contributed by atoms with van der Waals surface area (Å²) < 4.78 is 79.4. The zero-order valence-electron chi connectivity index (χ0n) is 13.2. The van der Waals surface area contributed by atoms with E-state index < -0.39 is 40.8 Å². The Hall–Kier alpha value is -2.50. The normalized spacial score (nSPS) is 15.0. The molecule has 27 heavy (non-hydrogen) atoms. The van der Waals surface area contributed by atoms with E-state index in [1.807, 2.05) is 0 Å². The van der Waals surface area contributed by atoms with Gasteiger partial charge in [-0.15, -0.1) is 0 Å². The number of alkyl halides is 6. The molecule has 2 heterocycles. The number of aromatic nitrogens is 2. The van der Waals surface area contributed by atoms with Crippen LogP contribution in [-0.4, -0.2) is 33.2 Å². The molecule has 0 saturated heterocycles. The second-order valence-corrected chi connectivity index (χ2v) is 6.44. The van der Waals surface area contributed by atoms with Gasteiger partial charge < -0.3 is 5.32 Å². The zero-order chi connectivity index (χ0) is 19.8. The molecule has 1 aliphatic rings. The van der Waals surface area contributed by atoms with Crippen molar-refractivity contribution in [2.24, 2.45) is 4.99 Å². The quantitative estimate of drug-likeness (QED) is 0.771. The van der Waals surface area contributed by atoms with Gasteiger partial charge in [0, 0.05) is 5.75 Å². The highest BCUT2D eigenvalue weighted by Gasteiger charge is 2.41. The average Bonchev–Trinajstić information content (AvgIpc) is 3.22. The number of rotatable bonds is 2. The van der Waals surface area contributed by atoms with Gasteiger partial charge in [-0.3, -0.25) is 9.79 Å². The summed E-state index contributed by atoms with van der Waals surface area (Å²) in [6.45, 7) is 0.426. The highest BCUT2D eigenvalue weighted by molar-refractivity contribution is 8.14. The second-order valence-electron chi connectivity index (χ2n) is 5.35. The van der Waals surface area contributed by atoms with Gasteiger partial charge in [-0.25, -0.2) is 4.68 Å². The monoisotopic (exact) mass is 408 g/mol. The van der Waals surface area contributed by atoms with Crippen molar-refractivity contribution < 1.29 is 31.1 Å². The fraction of sp³-hybridized carbons (Fsp3) is 0.267. The zero-order valence-corrected chi connectivity index (χ0v) is 14.0. The van der Waals surface area contributed by atoms with Crippen molar-refractivity contribution in [3.05, 3.63) is 47.3 Å². The molecule has 1 aromatic heterocycles. The molecular weight excluding hydrogens is 398 g/mol. The van der Waals surface area contributed by atoms with Crippen molar-refractivity contribution in [1.82, 2.24) is 15.1 Å². The molecule has 0 saturated carbocycles. The Morgan fingerprint density at radius 2 is 1.89 bits per heavy atom. The van der Waals surface area contributed by atoms with E-state index in [2.05, 4.69) is 15.4 Å². The number of hydrogen-bond donors (Lipinski definition) is 1. The lowest BCUT2D eigenvalue weighted by Crippen LogP contribution is -2.29. The predicted molar refractivity (Wildman–Crippen MR) is 85.8 cm³/mol. The lowest BCUT2D eigenvalue weighted by molar-refractivity contribution is -0.143. The van der Waals surface area contributed by atoms with Gasteiger partial charge in [0.15, 0.2) is 10.9 Å². The van der Waals surface area contributed by atoms with Crippen molar-refractivity contribution in [3.8, 4) is 5.69 Å². The van der Waals surface area contributed by atoms with Gasteiger partial charge in [-0.2, -0.15) is 31.4 Å². The maximum absolute atomic E-state index is 13.5.